The largest absolute Gasteiger partial charge is 0.481 e. The number of aliphatic carboxylic acids is 1. The van der Waals surface area contributed by atoms with Crippen molar-refractivity contribution in [1.82, 2.24) is 4.72 Å². The van der Waals surface area contributed by atoms with Gasteiger partial charge in [0.1, 0.15) is 0 Å². The standard InChI is InChI=1S/C20H25ClFNO4S2/c21-15-8-11-17(12-9-15)29(26,27)23-18(6-2-1-3-14-22)19-13-10-16(28-19)5-4-7-20(24)25/h8-13,18,23H,1-7,14H2,(H,24,25). The number of thiophene rings is 1. The first kappa shape index (κ1) is 23.8. The van der Waals surface area contributed by atoms with Gasteiger partial charge in [0.25, 0.3) is 0 Å². The molecule has 0 amide bonds. The minimum absolute atomic E-state index is 0.100. The third-order valence-corrected chi connectivity index (χ3v) is 7.39. The van der Waals surface area contributed by atoms with Crippen molar-refractivity contribution in [3.63, 3.8) is 0 Å². The van der Waals surface area contributed by atoms with Gasteiger partial charge in [-0.25, -0.2) is 13.1 Å². The highest BCUT2D eigenvalue weighted by Crippen LogP contribution is 2.30. The van der Waals surface area contributed by atoms with Gasteiger partial charge in [0, 0.05) is 21.2 Å². The van der Waals surface area contributed by atoms with E-state index in [0.717, 1.165) is 9.75 Å². The fourth-order valence-corrected chi connectivity index (χ4v) is 5.47. The number of sulfonamides is 1. The Morgan fingerprint density at radius 1 is 1.10 bits per heavy atom. The summed E-state index contributed by atoms with van der Waals surface area (Å²) in [6, 6.07) is 9.33. The van der Waals surface area contributed by atoms with Crippen molar-refractivity contribution < 1.29 is 22.7 Å². The van der Waals surface area contributed by atoms with E-state index in [0.29, 0.717) is 43.5 Å². The smallest absolute Gasteiger partial charge is 0.303 e. The maximum Gasteiger partial charge on any atom is 0.303 e. The van der Waals surface area contributed by atoms with Gasteiger partial charge in [-0.1, -0.05) is 24.4 Å². The molecule has 1 heterocycles. The molecule has 9 heteroatoms. The Kier molecular flexibility index (Phi) is 9.55. The predicted molar refractivity (Wildman–Crippen MR) is 114 cm³/mol. The molecule has 0 aliphatic carbocycles. The third-order valence-electron chi connectivity index (χ3n) is 4.39. The van der Waals surface area contributed by atoms with E-state index in [1.165, 1.54) is 35.6 Å². The molecule has 1 atom stereocenters. The quantitative estimate of drug-likeness (QED) is 0.393. The van der Waals surface area contributed by atoms with Gasteiger partial charge in [0.15, 0.2) is 0 Å². The van der Waals surface area contributed by atoms with Crippen LogP contribution in [-0.2, 0) is 21.2 Å². The number of unbranched alkanes of at least 4 members (excludes halogenated alkanes) is 2. The molecule has 0 fully saturated rings. The van der Waals surface area contributed by atoms with Crippen LogP contribution < -0.4 is 4.72 Å². The lowest BCUT2D eigenvalue weighted by Gasteiger charge is -2.18. The zero-order valence-electron chi connectivity index (χ0n) is 15.9. The summed E-state index contributed by atoms with van der Waals surface area (Å²) in [4.78, 5) is 12.7. The molecule has 0 radical (unpaired) electrons. The van der Waals surface area contributed by atoms with Crippen LogP contribution in [0.25, 0.3) is 0 Å². The highest BCUT2D eigenvalue weighted by molar-refractivity contribution is 7.89. The van der Waals surface area contributed by atoms with Crippen molar-refractivity contribution in [2.24, 2.45) is 0 Å². The number of nitrogens with one attached hydrogen (secondary N) is 1. The van der Waals surface area contributed by atoms with E-state index in [9.17, 15) is 17.6 Å². The fourth-order valence-electron chi connectivity index (χ4n) is 2.88. The number of halogens is 2. The lowest BCUT2D eigenvalue weighted by Crippen LogP contribution is -2.28. The number of carboxylic acid groups (broad SMARTS) is 1. The van der Waals surface area contributed by atoms with E-state index in [1.807, 2.05) is 12.1 Å². The van der Waals surface area contributed by atoms with Gasteiger partial charge in [-0.3, -0.25) is 9.18 Å². The van der Waals surface area contributed by atoms with Crippen molar-refractivity contribution in [1.29, 1.82) is 0 Å². The third kappa shape index (κ3) is 8.04. The first-order chi connectivity index (χ1) is 13.8. The van der Waals surface area contributed by atoms with Crippen molar-refractivity contribution in [2.45, 2.75) is 55.9 Å². The molecule has 5 nitrogen and oxygen atoms in total. The summed E-state index contributed by atoms with van der Waals surface area (Å²) in [5.41, 5.74) is 0. The average Bonchev–Trinajstić information content (AvgIpc) is 3.13. The molecular formula is C20H25ClFNO4S2. The average molecular weight is 462 g/mol. The molecule has 0 saturated heterocycles. The fraction of sp³-hybridized carbons (Fsp3) is 0.450. The number of carboxylic acids is 1. The molecule has 0 spiro atoms. The summed E-state index contributed by atoms with van der Waals surface area (Å²) in [5.74, 6) is -0.830. The van der Waals surface area contributed by atoms with Crippen LogP contribution in [-0.4, -0.2) is 26.2 Å². The van der Waals surface area contributed by atoms with Crippen LogP contribution in [0.5, 0.6) is 0 Å². The summed E-state index contributed by atoms with van der Waals surface area (Å²) < 4.78 is 40.7. The number of alkyl halides is 1. The van der Waals surface area contributed by atoms with Gasteiger partial charge in [0.2, 0.25) is 10.0 Å². The topological polar surface area (TPSA) is 83.5 Å². The van der Waals surface area contributed by atoms with E-state index in [2.05, 4.69) is 4.72 Å². The molecule has 1 aromatic heterocycles. The Bertz CT molecular complexity index is 884. The number of hydrogen-bond acceptors (Lipinski definition) is 4. The molecule has 2 N–H and O–H groups in total. The van der Waals surface area contributed by atoms with Crippen molar-refractivity contribution in [3.8, 4) is 0 Å². The molecule has 0 aliphatic rings. The van der Waals surface area contributed by atoms with Crippen LogP contribution in [0, 0.1) is 0 Å². The maximum absolute atomic E-state index is 12.8. The SMILES string of the molecule is O=C(O)CCCc1ccc(C(CCCCCF)NS(=O)(=O)c2ccc(Cl)cc2)s1. The van der Waals surface area contributed by atoms with E-state index in [1.54, 1.807) is 0 Å². The molecule has 0 bridgehead atoms. The first-order valence-corrected chi connectivity index (χ1v) is 12.1. The first-order valence-electron chi connectivity index (χ1n) is 9.46. The van der Waals surface area contributed by atoms with Crippen LogP contribution in [0.3, 0.4) is 0 Å². The van der Waals surface area contributed by atoms with Crippen LogP contribution in [0.15, 0.2) is 41.3 Å². The minimum atomic E-state index is -3.74. The number of hydrogen-bond donors (Lipinski definition) is 2. The van der Waals surface area contributed by atoms with Crippen molar-refractivity contribution in [2.75, 3.05) is 6.67 Å². The Morgan fingerprint density at radius 2 is 1.83 bits per heavy atom. The Balaban J connectivity index is 2.13. The van der Waals surface area contributed by atoms with Gasteiger partial charge < -0.3 is 5.11 Å². The van der Waals surface area contributed by atoms with Gasteiger partial charge in [-0.2, -0.15) is 0 Å². The lowest BCUT2D eigenvalue weighted by molar-refractivity contribution is -0.137. The summed E-state index contributed by atoms with van der Waals surface area (Å²) in [6.07, 6.45) is 3.67. The molecule has 160 valence electrons. The lowest BCUT2D eigenvalue weighted by atomic mass is 10.1. The van der Waals surface area contributed by atoms with Crippen molar-refractivity contribution in [3.05, 3.63) is 51.2 Å². The summed E-state index contributed by atoms with van der Waals surface area (Å²) in [7, 11) is -3.74. The van der Waals surface area contributed by atoms with E-state index >= 15 is 0 Å². The summed E-state index contributed by atoms with van der Waals surface area (Å²) >= 11 is 7.32. The van der Waals surface area contributed by atoms with Crippen molar-refractivity contribution >= 4 is 38.9 Å². The molecule has 29 heavy (non-hydrogen) atoms. The van der Waals surface area contributed by atoms with E-state index in [-0.39, 0.29) is 18.0 Å². The van der Waals surface area contributed by atoms with E-state index < -0.39 is 22.0 Å². The summed E-state index contributed by atoms with van der Waals surface area (Å²) in [5, 5.41) is 9.23. The molecule has 1 aromatic carbocycles. The molecular weight excluding hydrogens is 437 g/mol. The Hall–Kier alpha value is -1.48. The number of benzene rings is 1. The van der Waals surface area contributed by atoms with Gasteiger partial charge in [-0.15, -0.1) is 11.3 Å². The second kappa shape index (κ2) is 11.6. The second-order valence-electron chi connectivity index (χ2n) is 6.72. The predicted octanol–water partition coefficient (Wildman–Crippen LogP) is 5.36. The Morgan fingerprint density at radius 3 is 2.48 bits per heavy atom. The van der Waals surface area contributed by atoms with Crippen LogP contribution in [0.4, 0.5) is 4.39 Å². The van der Waals surface area contributed by atoms with Gasteiger partial charge in [0.05, 0.1) is 17.6 Å². The van der Waals surface area contributed by atoms with Crippen LogP contribution >= 0.6 is 22.9 Å². The van der Waals surface area contributed by atoms with Crippen LogP contribution in [0.1, 0.15) is 54.3 Å². The Labute approximate surface area is 180 Å². The molecule has 1 unspecified atom stereocenters. The molecule has 0 aliphatic heterocycles. The molecule has 0 saturated carbocycles. The molecule has 2 aromatic rings. The second-order valence-corrected chi connectivity index (χ2v) is 10.1. The number of aryl methyl sites for hydroxylation is 1. The van der Waals surface area contributed by atoms with E-state index in [4.69, 9.17) is 16.7 Å². The van der Waals surface area contributed by atoms with Gasteiger partial charge >= 0.3 is 5.97 Å². The number of carbonyl (C=O) groups is 1. The zero-order chi connectivity index (χ0) is 21.3. The summed E-state index contributed by atoms with van der Waals surface area (Å²) in [6.45, 7) is -0.381. The minimum Gasteiger partial charge on any atom is -0.481 e. The van der Waals surface area contributed by atoms with Crippen LogP contribution in [0.2, 0.25) is 5.02 Å². The zero-order valence-corrected chi connectivity index (χ0v) is 18.3. The normalized spacial score (nSPS) is 12.8. The highest BCUT2D eigenvalue weighted by Gasteiger charge is 2.22. The maximum atomic E-state index is 12.8. The molecule has 2 rings (SSSR count). The highest BCUT2D eigenvalue weighted by atomic mass is 35.5. The monoisotopic (exact) mass is 461 g/mol. The van der Waals surface area contributed by atoms with Gasteiger partial charge in [-0.05, 0) is 62.1 Å². The number of rotatable bonds is 13.